The number of anilines is 1. The Labute approximate surface area is 216 Å². The van der Waals surface area contributed by atoms with Crippen molar-refractivity contribution in [1.82, 2.24) is 15.5 Å². The van der Waals surface area contributed by atoms with Crippen molar-refractivity contribution in [1.29, 1.82) is 0 Å². The van der Waals surface area contributed by atoms with Gasteiger partial charge in [-0.05, 0) is 90.7 Å². The molecule has 36 heavy (non-hydrogen) atoms. The van der Waals surface area contributed by atoms with Gasteiger partial charge in [-0.15, -0.1) is 0 Å². The summed E-state index contributed by atoms with van der Waals surface area (Å²) in [7, 11) is 2.19. The summed E-state index contributed by atoms with van der Waals surface area (Å²) in [5.41, 5.74) is 1.75. The molecule has 3 N–H and O–H groups in total. The van der Waals surface area contributed by atoms with Crippen LogP contribution in [-0.4, -0.2) is 61.1 Å². The highest BCUT2D eigenvalue weighted by Gasteiger charge is 2.26. The number of alkyl carbamates (subject to hydrolysis) is 1. The van der Waals surface area contributed by atoms with Crippen LogP contribution in [0.25, 0.3) is 0 Å². The number of imide groups is 1. The molecule has 1 saturated heterocycles. The number of carbonyl (C=O) groups is 3. The van der Waals surface area contributed by atoms with E-state index in [4.69, 9.17) is 4.74 Å². The van der Waals surface area contributed by atoms with Gasteiger partial charge in [-0.1, -0.05) is 37.8 Å². The third-order valence-corrected chi connectivity index (χ3v) is 6.17. The van der Waals surface area contributed by atoms with Crippen LogP contribution in [0, 0.1) is 0 Å². The summed E-state index contributed by atoms with van der Waals surface area (Å²) in [5.74, 6) is -0.439. The molecule has 1 aromatic carbocycles. The van der Waals surface area contributed by atoms with Gasteiger partial charge in [-0.25, -0.2) is 4.79 Å². The van der Waals surface area contributed by atoms with E-state index < -0.39 is 5.60 Å². The molecule has 0 aromatic heterocycles. The SMILES string of the molecule is CN(CCCCCCCCNC(=O)OC(C)(C)C)CCCc1ccc(NC2CCC(=O)NC2=O)cc1. The third kappa shape index (κ3) is 12.9. The first kappa shape index (κ1) is 29.6. The van der Waals surface area contributed by atoms with E-state index in [0.717, 1.165) is 44.5 Å². The van der Waals surface area contributed by atoms with Crippen molar-refractivity contribution in [3.05, 3.63) is 29.8 Å². The highest BCUT2D eigenvalue weighted by molar-refractivity contribution is 6.01. The zero-order valence-electron chi connectivity index (χ0n) is 22.7. The van der Waals surface area contributed by atoms with Gasteiger partial charge in [0, 0.05) is 18.7 Å². The first-order chi connectivity index (χ1) is 17.1. The number of hydrogen-bond acceptors (Lipinski definition) is 6. The predicted molar refractivity (Wildman–Crippen MR) is 144 cm³/mol. The van der Waals surface area contributed by atoms with E-state index in [1.807, 2.05) is 32.9 Å². The maximum atomic E-state index is 11.9. The maximum Gasteiger partial charge on any atom is 0.407 e. The smallest absolute Gasteiger partial charge is 0.407 e. The molecule has 3 amide bonds. The number of aryl methyl sites for hydroxylation is 1. The van der Waals surface area contributed by atoms with Crippen LogP contribution in [0.5, 0.6) is 0 Å². The van der Waals surface area contributed by atoms with E-state index in [0.29, 0.717) is 19.4 Å². The van der Waals surface area contributed by atoms with Gasteiger partial charge in [0.2, 0.25) is 11.8 Å². The Balaban J connectivity index is 1.46. The Kier molecular flexibility index (Phi) is 12.7. The summed E-state index contributed by atoms with van der Waals surface area (Å²) < 4.78 is 5.23. The molecule has 1 unspecified atom stereocenters. The first-order valence-electron chi connectivity index (χ1n) is 13.5. The number of piperidine rings is 1. The Morgan fingerprint density at radius 3 is 2.31 bits per heavy atom. The fraction of sp³-hybridized carbons (Fsp3) is 0.679. The third-order valence-electron chi connectivity index (χ3n) is 6.17. The van der Waals surface area contributed by atoms with Crippen LogP contribution >= 0.6 is 0 Å². The van der Waals surface area contributed by atoms with Crippen molar-refractivity contribution in [2.45, 2.75) is 96.6 Å². The lowest BCUT2D eigenvalue weighted by molar-refractivity contribution is -0.133. The fourth-order valence-corrected chi connectivity index (χ4v) is 4.18. The standard InChI is InChI=1S/C28H46N4O4/c1-28(2,3)36-27(35)29-19-9-7-5-6-8-10-20-32(4)21-11-12-22-13-15-23(16-14-22)30-24-17-18-25(33)31-26(24)34/h13-16,24,30H,5-12,17-21H2,1-4H3,(H,29,35)(H,31,33,34). The van der Waals surface area contributed by atoms with Gasteiger partial charge in [-0.2, -0.15) is 0 Å². The number of nitrogens with one attached hydrogen (secondary N) is 3. The van der Waals surface area contributed by atoms with Crippen LogP contribution in [0.4, 0.5) is 10.5 Å². The second-order valence-electron chi connectivity index (χ2n) is 10.8. The molecule has 0 bridgehead atoms. The monoisotopic (exact) mass is 502 g/mol. The van der Waals surface area contributed by atoms with Crippen LogP contribution in [0.15, 0.2) is 24.3 Å². The number of nitrogens with zero attached hydrogens (tertiary/aromatic N) is 1. The summed E-state index contributed by atoms with van der Waals surface area (Å²) in [6.45, 7) is 8.48. The molecular formula is C28H46N4O4. The quantitative estimate of drug-likeness (QED) is 0.239. The van der Waals surface area contributed by atoms with Gasteiger partial charge in [0.05, 0.1) is 0 Å². The highest BCUT2D eigenvalue weighted by Crippen LogP contribution is 2.16. The normalized spacial score (nSPS) is 16.1. The molecule has 1 aliphatic rings. The maximum absolute atomic E-state index is 11.9. The molecule has 2 rings (SSSR count). The molecule has 0 radical (unpaired) electrons. The molecule has 1 heterocycles. The lowest BCUT2D eigenvalue weighted by atomic mass is 10.0. The lowest BCUT2D eigenvalue weighted by Gasteiger charge is -2.22. The van der Waals surface area contributed by atoms with Crippen molar-refractivity contribution in [3.8, 4) is 0 Å². The van der Waals surface area contributed by atoms with Gasteiger partial charge in [-0.3, -0.25) is 14.9 Å². The molecular weight excluding hydrogens is 456 g/mol. The number of benzene rings is 1. The summed E-state index contributed by atoms with van der Waals surface area (Å²) in [5, 5.41) is 8.41. The Morgan fingerprint density at radius 1 is 1.00 bits per heavy atom. The van der Waals surface area contributed by atoms with Gasteiger partial charge < -0.3 is 20.3 Å². The molecule has 1 fully saturated rings. The topological polar surface area (TPSA) is 99.8 Å². The van der Waals surface area contributed by atoms with Crippen molar-refractivity contribution >= 4 is 23.6 Å². The second-order valence-corrected chi connectivity index (χ2v) is 10.8. The van der Waals surface area contributed by atoms with E-state index in [1.54, 1.807) is 0 Å². The number of unbranched alkanes of at least 4 members (excludes halogenated alkanes) is 5. The summed E-state index contributed by atoms with van der Waals surface area (Å²) in [4.78, 5) is 37.1. The largest absolute Gasteiger partial charge is 0.444 e. The number of ether oxygens (including phenoxy) is 1. The van der Waals surface area contributed by atoms with Crippen LogP contribution < -0.4 is 16.0 Å². The number of hydrogen-bond donors (Lipinski definition) is 3. The zero-order chi connectivity index (χ0) is 26.4. The summed E-state index contributed by atoms with van der Waals surface area (Å²) in [6, 6.07) is 7.89. The first-order valence-corrected chi connectivity index (χ1v) is 13.5. The van der Waals surface area contributed by atoms with Crippen LogP contribution in [-0.2, 0) is 20.7 Å². The minimum absolute atomic E-state index is 0.195. The van der Waals surface area contributed by atoms with E-state index in [9.17, 15) is 14.4 Å². The average Bonchev–Trinajstić information content (AvgIpc) is 2.79. The van der Waals surface area contributed by atoms with Crippen molar-refractivity contribution in [3.63, 3.8) is 0 Å². The molecule has 1 aromatic rings. The Hall–Kier alpha value is -2.61. The van der Waals surface area contributed by atoms with Gasteiger partial charge in [0.15, 0.2) is 0 Å². The van der Waals surface area contributed by atoms with Crippen molar-refractivity contribution < 1.29 is 19.1 Å². The van der Waals surface area contributed by atoms with Gasteiger partial charge in [0.1, 0.15) is 11.6 Å². The zero-order valence-corrected chi connectivity index (χ0v) is 22.7. The molecule has 1 atom stereocenters. The number of amides is 3. The van der Waals surface area contributed by atoms with Crippen LogP contribution in [0.2, 0.25) is 0 Å². The Bertz CT molecular complexity index is 820. The summed E-state index contributed by atoms with van der Waals surface area (Å²) in [6.07, 6.45) is 9.74. The molecule has 8 nitrogen and oxygen atoms in total. The van der Waals surface area contributed by atoms with Crippen LogP contribution in [0.3, 0.4) is 0 Å². The minimum Gasteiger partial charge on any atom is -0.444 e. The van der Waals surface area contributed by atoms with E-state index >= 15 is 0 Å². The average molecular weight is 503 g/mol. The van der Waals surface area contributed by atoms with E-state index in [-0.39, 0.29) is 23.9 Å². The van der Waals surface area contributed by atoms with Gasteiger partial charge in [0.25, 0.3) is 0 Å². The predicted octanol–water partition coefficient (Wildman–Crippen LogP) is 4.63. The minimum atomic E-state index is -0.443. The molecule has 0 spiro atoms. The molecule has 0 saturated carbocycles. The molecule has 1 aliphatic heterocycles. The van der Waals surface area contributed by atoms with E-state index in [1.165, 1.54) is 31.2 Å². The van der Waals surface area contributed by atoms with Crippen LogP contribution in [0.1, 0.15) is 84.1 Å². The van der Waals surface area contributed by atoms with Crippen molar-refractivity contribution in [2.75, 3.05) is 32.0 Å². The second kappa shape index (κ2) is 15.5. The van der Waals surface area contributed by atoms with E-state index in [2.05, 4.69) is 40.0 Å². The van der Waals surface area contributed by atoms with Crippen molar-refractivity contribution in [2.24, 2.45) is 0 Å². The number of rotatable bonds is 15. The Morgan fingerprint density at radius 2 is 1.64 bits per heavy atom. The highest BCUT2D eigenvalue weighted by atomic mass is 16.6. The number of carbonyl (C=O) groups excluding carboxylic acids is 3. The fourth-order valence-electron chi connectivity index (χ4n) is 4.18. The van der Waals surface area contributed by atoms with Gasteiger partial charge >= 0.3 is 6.09 Å². The lowest BCUT2D eigenvalue weighted by Crippen LogP contribution is -2.47. The molecule has 0 aliphatic carbocycles. The molecule has 8 heteroatoms. The molecule has 202 valence electrons. The summed E-state index contributed by atoms with van der Waals surface area (Å²) >= 11 is 0.